The van der Waals surface area contributed by atoms with Crippen LogP contribution in [0.5, 0.6) is 5.75 Å². The van der Waals surface area contributed by atoms with Crippen LogP contribution in [0.3, 0.4) is 0 Å². The number of hydrogen-bond acceptors (Lipinski definition) is 3. The predicted octanol–water partition coefficient (Wildman–Crippen LogP) is 3.19. The average molecular weight is 359 g/mol. The Morgan fingerprint density at radius 2 is 1.62 bits per heavy atom. The lowest BCUT2D eigenvalue weighted by molar-refractivity contribution is 0.296. The van der Waals surface area contributed by atoms with Crippen LogP contribution in [0, 0.1) is 17.5 Å². The zero-order chi connectivity index (χ0) is 17.7. The maximum absolute atomic E-state index is 13.6. The minimum atomic E-state index is -4.05. The monoisotopic (exact) mass is 359 g/mol. The van der Waals surface area contributed by atoms with Crippen molar-refractivity contribution in [2.75, 3.05) is 20.2 Å². The molecule has 8 heteroatoms. The van der Waals surface area contributed by atoms with Gasteiger partial charge in [-0.25, -0.2) is 25.9 Å². The minimum Gasteiger partial charge on any atom is -0.494 e. The molecule has 0 radical (unpaired) electrons. The van der Waals surface area contributed by atoms with Crippen LogP contribution >= 0.6 is 0 Å². The van der Waals surface area contributed by atoms with Crippen molar-refractivity contribution in [1.29, 1.82) is 0 Å². The molecule has 0 bridgehead atoms. The van der Waals surface area contributed by atoms with Crippen LogP contribution < -0.4 is 4.74 Å². The van der Waals surface area contributed by atoms with Crippen molar-refractivity contribution in [3.63, 3.8) is 0 Å². The van der Waals surface area contributed by atoms with Gasteiger partial charge in [-0.3, -0.25) is 0 Å². The Hall–Kier alpha value is -2.06. The second kappa shape index (κ2) is 7.67. The van der Waals surface area contributed by atoms with Crippen molar-refractivity contribution >= 4 is 10.0 Å². The third-order valence-corrected chi connectivity index (χ3v) is 5.17. The zero-order valence-corrected chi connectivity index (χ0v) is 13.7. The van der Waals surface area contributed by atoms with E-state index in [1.54, 1.807) is 0 Å². The van der Waals surface area contributed by atoms with Gasteiger partial charge in [-0.05, 0) is 42.8 Å². The average Bonchev–Trinajstić information content (AvgIpc) is 2.52. The van der Waals surface area contributed by atoms with E-state index in [-0.39, 0.29) is 19.0 Å². The molecule has 0 aliphatic heterocycles. The maximum atomic E-state index is 13.6. The Morgan fingerprint density at radius 1 is 1.00 bits per heavy atom. The molecule has 0 amide bonds. The fourth-order valence-electron chi connectivity index (χ4n) is 1.98. The summed E-state index contributed by atoms with van der Waals surface area (Å²) in [4.78, 5) is -0.578. The van der Waals surface area contributed by atoms with Crippen LogP contribution in [0.15, 0.2) is 47.4 Å². The molecule has 0 saturated heterocycles. The molecule has 0 N–H and O–H groups in total. The molecule has 0 unspecified atom stereocenters. The van der Waals surface area contributed by atoms with Gasteiger partial charge >= 0.3 is 0 Å². The highest BCUT2D eigenvalue weighted by molar-refractivity contribution is 7.89. The fourth-order valence-corrected chi connectivity index (χ4v) is 3.23. The fraction of sp³-hybridized carbons (Fsp3) is 0.250. The summed E-state index contributed by atoms with van der Waals surface area (Å²) in [5.74, 6) is -1.90. The molecule has 0 heterocycles. The molecule has 2 aromatic carbocycles. The van der Waals surface area contributed by atoms with Gasteiger partial charge in [0.15, 0.2) is 0 Å². The molecule has 0 aromatic heterocycles. The normalized spacial score (nSPS) is 11.7. The highest BCUT2D eigenvalue weighted by Crippen LogP contribution is 2.19. The number of sulfonamides is 1. The number of rotatable bonds is 7. The van der Waals surface area contributed by atoms with E-state index < -0.39 is 26.6 Å². The lowest BCUT2D eigenvalue weighted by atomic mass is 10.3. The molecule has 0 saturated carbocycles. The highest BCUT2D eigenvalue weighted by atomic mass is 32.2. The molecule has 2 rings (SSSR count). The molecule has 0 aliphatic carbocycles. The van der Waals surface area contributed by atoms with Crippen molar-refractivity contribution in [3.8, 4) is 5.75 Å². The van der Waals surface area contributed by atoms with Crippen LogP contribution in [0.25, 0.3) is 0 Å². The first-order valence-electron chi connectivity index (χ1n) is 7.10. The Morgan fingerprint density at radius 3 is 2.25 bits per heavy atom. The second-order valence-corrected chi connectivity index (χ2v) is 7.07. The Bertz CT molecular complexity index is 795. The highest BCUT2D eigenvalue weighted by Gasteiger charge is 2.24. The molecular formula is C16H16F3NO3S. The van der Waals surface area contributed by atoms with E-state index in [1.165, 1.54) is 31.3 Å². The lowest BCUT2D eigenvalue weighted by Gasteiger charge is -2.17. The van der Waals surface area contributed by atoms with E-state index in [4.69, 9.17) is 4.74 Å². The summed E-state index contributed by atoms with van der Waals surface area (Å²) in [5, 5.41) is 0. The van der Waals surface area contributed by atoms with E-state index in [0.717, 1.165) is 16.4 Å². The van der Waals surface area contributed by atoms with E-state index >= 15 is 0 Å². The largest absolute Gasteiger partial charge is 0.494 e. The summed E-state index contributed by atoms with van der Waals surface area (Å²) in [6.07, 6.45) is 0.343. The van der Waals surface area contributed by atoms with Crippen LogP contribution in [0.2, 0.25) is 0 Å². The smallest absolute Gasteiger partial charge is 0.245 e. The summed E-state index contributed by atoms with van der Waals surface area (Å²) >= 11 is 0. The van der Waals surface area contributed by atoms with Crippen molar-refractivity contribution in [1.82, 2.24) is 4.31 Å². The van der Waals surface area contributed by atoms with Crippen LogP contribution in [0.1, 0.15) is 6.42 Å². The van der Waals surface area contributed by atoms with Crippen molar-refractivity contribution < 1.29 is 26.3 Å². The molecule has 0 spiro atoms. The van der Waals surface area contributed by atoms with E-state index in [9.17, 15) is 21.6 Å². The van der Waals surface area contributed by atoms with Crippen molar-refractivity contribution in [2.24, 2.45) is 0 Å². The quantitative estimate of drug-likeness (QED) is 0.714. The summed E-state index contributed by atoms with van der Waals surface area (Å²) in [6.45, 7) is 0.289. The third-order valence-electron chi connectivity index (χ3n) is 3.28. The summed E-state index contributed by atoms with van der Waals surface area (Å²) in [6, 6.07) is 7.74. The van der Waals surface area contributed by atoms with Gasteiger partial charge in [0.1, 0.15) is 28.1 Å². The van der Waals surface area contributed by atoms with Gasteiger partial charge in [-0.1, -0.05) is 0 Å². The van der Waals surface area contributed by atoms with Gasteiger partial charge in [-0.2, -0.15) is 0 Å². The number of nitrogens with zero attached hydrogens (tertiary/aromatic N) is 1. The topological polar surface area (TPSA) is 46.6 Å². The second-order valence-electron chi connectivity index (χ2n) is 5.06. The SMILES string of the molecule is CN(CCCOc1ccc(F)cc1)S(=O)(=O)c1ccc(F)cc1F. The maximum Gasteiger partial charge on any atom is 0.245 e. The van der Waals surface area contributed by atoms with Gasteiger partial charge in [0.05, 0.1) is 6.61 Å². The molecule has 0 atom stereocenters. The molecule has 2 aromatic rings. The first-order valence-corrected chi connectivity index (χ1v) is 8.54. The number of ether oxygens (including phenoxy) is 1. The lowest BCUT2D eigenvalue weighted by Crippen LogP contribution is -2.29. The molecule has 130 valence electrons. The Labute approximate surface area is 138 Å². The molecule has 0 fully saturated rings. The molecule has 0 aliphatic rings. The number of benzene rings is 2. The Kier molecular flexibility index (Phi) is 5.84. The summed E-state index contributed by atoms with van der Waals surface area (Å²) in [7, 11) is -2.75. The standard InChI is InChI=1S/C16H16F3NO3S/c1-20(9-2-10-23-14-6-3-12(17)4-7-14)24(21,22)16-8-5-13(18)11-15(16)19/h3-8,11H,2,9-10H2,1H3. The number of hydrogen-bond donors (Lipinski definition) is 0. The first kappa shape index (κ1) is 18.3. The Balaban J connectivity index is 1.91. The van der Waals surface area contributed by atoms with E-state index in [1.807, 2.05) is 0 Å². The van der Waals surface area contributed by atoms with Gasteiger partial charge < -0.3 is 4.74 Å². The summed E-state index contributed by atoms with van der Waals surface area (Å²) < 4.78 is 70.1. The van der Waals surface area contributed by atoms with Crippen LogP contribution in [-0.4, -0.2) is 32.9 Å². The van der Waals surface area contributed by atoms with Gasteiger partial charge in [-0.15, -0.1) is 0 Å². The van der Waals surface area contributed by atoms with Gasteiger partial charge in [0.2, 0.25) is 10.0 Å². The summed E-state index contributed by atoms with van der Waals surface area (Å²) in [5.41, 5.74) is 0. The van der Waals surface area contributed by atoms with Gasteiger partial charge in [0.25, 0.3) is 0 Å². The molecular weight excluding hydrogens is 343 g/mol. The molecule has 24 heavy (non-hydrogen) atoms. The minimum absolute atomic E-state index is 0.0837. The number of halogens is 3. The van der Waals surface area contributed by atoms with Crippen LogP contribution in [-0.2, 0) is 10.0 Å². The van der Waals surface area contributed by atoms with Crippen molar-refractivity contribution in [3.05, 3.63) is 59.9 Å². The van der Waals surface area contributed by atoms with Gasteiger partial charge in [0, 0.05) is 19.7 Å². The predicted molar refractivity (Wildman–Crippen MR) is 82.7 cm³/mol. The van der Waals surface area contributed by atoms with Crippen molar-refractivity contribution in [2.45, 2.75) is 11.3 Å². The van der Waals surface area contributed by atoms with E-state index in [2.05, 4.69) is 0 Å². The zero-order valence-electron chi connectivity index (χ0n) is 12.9. The first-order chi connectivity index (χ1) is 11.3. The molecule has 4 nitrogen and oxygen atoms in total. The van der Waals surface area contributed by atoms with E-state index in [0.29, 0.717) is 18.2 Å². The third kappa shape index (κ3) is 4.48. The van der Waals surface area contributed by atoms with Crippen LogP contribution in [0.4, 0.5) is 13.2 Å².